The van der Waals surface area contributed by atoms with Crippen molar-refractivity contribution in [3.8, 4) is 11.3 Å². The van der Waals surface area contributed by atoms with E-state index in [4.69, 9.17) is 0 Å². The Kier molecular flexibility index (Phi) is 7.45. The highest BCUT2D eigenvalue weighted by Crippen LogP contribution is 2.25. The highest BCUT2D eigenvalue weighted by molar-refractivity contribution is 5.92. The van der Waals surface area contributed by atoms with Crippen LogP contribution in [0.15, 0.2) is 54.7 Å². The summed E-state index contributed by atoms with van der Waals surface area (Å²) in [6.07, 6.45) is 4.67. The van der Waals surface area contributed by atoms with Crippen LogP contribution in [0.4, 0.5) is 19.3 Å². The zero-order valence-corrected chi connectivity index (χ0v) is 20.4. The number of likely N-dealkylation sites (tertiary alicyclic amines) is 1. The number of fused-ring (bicyclic) bond motifs is 1. The fourth-order valence-corrected chi connectivity index (χ4v) is 4.96. The lowest BCUT2D eigenvalue weighted by Crippen LogP contribution is -2.52. The van der Waals surface area contributed by atoms with Gasteiger partial charge in [-0.05, 0) is 43.5 Å². The van der Waals surface area contributed by atoms with Gasteiger partial charge in [-0.2, -0.15) is 0 Å². The largest absolute Gasteiger partial charge is 0.335 e. The van der Waals surface area contributed by atoms with Crippen molar-refractivity contribution in [2.45, 2.75) is 44.3 Å². The molecule has 8 nitrogen and oxygen atoms in total. The molecule has 1 saturated heterocycles. The molecule has 1 atom stereocenters. The van der Waals surface area contributed by atoms with Gasteiger partial charge in [0.25, 0.3) is 0 Å². The number of anilines is 1. The van der Waals surface area contributed by atoms with Crippen LogP contribution in [0.1, 0.15) is 25.1 Å². The van der Waals surface area contributed by atoms with Gasteiger partial charge in [-0.15, -0.1) is 0 Å². The van der Waals surface area contributed by atoms with Gasteiger partial charge in [0.1, 0.15) is 17.5 Å². The van der Waals surface area contributed by atoms with Crippen molar-refractivity contribution in [1.82, 2.24) is 25.1 Å². The Balaban J connectivity index is 1.06. The Labute approximate surface area is 214 Å². The van der Waals surface area contributed by atoms with E-state index in [9.17, 15) is 18.4 Å². The summed E-state index contributed by atoms with van der Waals surface area (Å²) in [4.78, 5) is 31.5. The van der Waals surface area contributed by atoms with Crippen LogP contribution in [0.2, 0.25) is 0 Å². The average Bonchev–Trinajstić information content (AvgIpc) is 3.29. The van der Waals surface area contributed by atoms with E-state index in [0.717, 1.165) is 49.9 Å². The van der Waals surface area contributed by atoms with Gasteiger partial charge in [-0.1, -0.05) is 18.2 Å². The summed E-state index contributed by atoms with van der Waals surface area (Å²) in [6, 6.07) is 12.6. The van der Waals surface area contributed by atoms with E-state index >= 15 is 0 Å². The molecule has 0 radical (unpaired) electrons. The fourth-order valence-electron chi connectivity index (χ4n) is 4.96. The summed E-state index contributed by atoms with van der Waals surface area (Å²) in [5, 5.41) is 9.01. The Bertz CT molecular complexity index is 1260. The number of carbonyl (C=O) groups is 2. The van der Waals surface area contributed by atoms with Gasteiger partial charge in [-0.3, -0.25) is 9.69 Å². The van der Waals surface area contributed by atoms with E-state index < -0.39 is 11.6 Å². The molecule has 3 N–H and O–H groups in total. The predicted octanol–water partition coefficient (Wildman–Crippen LogP) is 3.55. The van der Waals surface area contributed by atoms with Crippen molar-refractivity contribution in [2.75, 3.05) is 25.0 Å². The predicted molar refractivity (Wildman–Crippen MR) is 136 cm³/mol. The molecule has 2 aromatic carbocycles. The third kappa shape index (κ3) is 6.32. The van der Waals surface area contributed by atoms with Gasteiger partial charge < -0.3 is 20.5 Å². The molecule has 10 heteroatoms. The van der Waals surface area contributed by atoms with Crippen LogP contribution in [-0.4, -0.2) is 58.1 Å². The lowest BCUT2D eigenvalue weighted by atomic mass is 10.0. The molecular weight excluding hydrogens is 478 g/mol. The number of para-hydroxylation sites is 1. The number of rotatable bonds is 6. The third-order valence-corrected chi connectivity index (χ3v) is 6.88. The lowest BCUT2D eigenvalue weighted by Gasteiger charge is -2.32. The maximum absolute atomic E-state index is 14.2. The normalized spacial score (nSPS) is 18.2. The standard InChI is InChI=1S/C27H30F2N6O2/c28-18-6-8-22(23(29)14-18)24-16-35-15-21(7-9-25(35)33-24)32-27(37)31-20-10-12-34(13-11-20)17-26(36)30-19-4-2-1-3-5-19/h1-6,8,14,16,20-21H,7,9-13,15,17H2,(H,30,36)(H2,31,32,37). The Morgan fingerprint density at radius 2 is 1.73 bits per heavy atom. The Morgan fingerprint density at radius 1 is 0.973 bits per heavy atom. The van der Waals surface area contributed by atoms with Crippen LogP contribution in [0.5, 0.6) is 0 Å². The number of nitrogens with one attached hydrogen (secondary N) is 3. The van der Waals surface area contributed by atoms with E-state index in [0.29, 0.717) is 25.2 Å². The number of halogens is 2. The number of piperidine rings is 1. The van der Waals surface area contributed by atoms with Crippen LogP contribution < -0.4 is 16.0 Å². The molecule has 37 heavy (non-hydrogen) atoms. The first-order chi connectivity index (χ1) is 17.9. The van der Waals surface area contributed by atoms with Crippen molar-refractivity contribution in [3.63, 3.8) is 0 Å². The minimum absolute atomic E-state index is 0.0446. The summed E-state index contributed by atoms with van der Waals surface area (Å²) < 4.78 is 29.3. The van der Waals surface area contributed by atoms with Crippen molar-refractivity contribution in [3.05, 3.63) is 72.2 Å². The zero-order chi connectivity index (χ0) is 25.8. The third-order valence-electron chi connectivity index (χ3n) is 6.88. The van der Waals surface area contributed by atoms with Crippen LogP contribution in [-0.2, 0) is 17.8 Å². The van der Waals surface area contributed by atoms with Crippen molar-refractivity contribution in [1.29, 1.82) is 0 Å². The molecular formula is C27H30F2N6O2. The summed E-state index contributed by atoms with van der Waals surface area (Å²) in [7, 11) is 0. The zero-order valence-electron chi connectivity index (χ0n) is 20.4. The number of imidazole rings is 1. The number of amides is 3. The molecule has 3 heterocycles. The number of carbonyl (C=O) groups excluding carboxylic acids is 2. The topological polar surface area (TPSA) is 91.3 Å². The molecule has 0 aliphatic carbocycles. The van der Waals surface area contributed by atoms with Crippen LogP contribution in [0.25, 0.3) is 11.3 Å². The molecule has 0 saturated carbocycles. The molecule has 2 aliphatic heterocycles. The molecule has 3 amide bonds. The molecule has 1 unspecified atom stereocenters. The van der Waals surface area contributed by atoms with E-state index in [1.165, 1.54) is 12.1 Å². The minimum Gasteiger partial charge on any atom is -0.335 e. The van der Waals surface area contributed by atoms with Gasteiger partial charge in [0.05, 0.1) is 12.2 Å². The maximum atomic E-state index is 14.2. The molecule has 194 valence electrons. The number of hydrogen-bond donors (Lipinski definition) is 3. The van der Waals surface area contributed by atoms with Crippen molar-refractivity contribution in [2.24, 2.45) is 0 Å². The number of urea groups is 1. The molecule has 5 rings (SSSR count). The Morgan fingerprint density at radius 3 is 2.49 bits per heavy atom. The second-order valence-corrected chi connectivity index (χ2v) is 9.64. The Hall–Kier alpha value is -3.79. The summed E-state index contributed by atoms with van der Waals surface area (Å²) in [5.41, 5.74) is 1.50. The highest BCUT2D eigenvalue weighted by Gasteiger charge is 2.26. The number of aryl methyl sites for hydroxylation is 1. The summed E-state index contributed by atoms with van der Waals surface area (Å²) >= 11 is 0. The van der Waals surface area contributed by atoms with Gasteiger partial charge in [-0.25, -0.2) is 18.6 Å². The number of aromatic nitrogens is 2. The fraction of sp³-hybridized carbons (Fsp3) is 0.370. The average molecular weight is 509 g/mol. The molecule has 1 fully saturated rings. The molecule has 3 aromatic rings. The van der Waals surface area contributed by atoms with Gasteiger partial charge >= 0.3 is 6.03 Å². The van der Waals surface area contributed by atoms with E-state index in [2.05, 4.69) is 25.8 Å². The van der Waals surface area contributed by atoms with Crippen LogP contribution in [0, 0.1) is 11.6 Å². The second-order valence-electron chi connectivity index (χ2n) is 9.64. The summed E-state index contributed by atoms with van der Waals surface area (Å²) in [5.74, 6) is -0.496. The SMILES string of the molecule is O=C(CN1CCC(NC(=O)NC2CCc3nc(-c4ccc(F)cc4F)cn3C2)CC1)Nc1ccccc1. The van der Waals surface area contributed by atoms with Gasteiger partial charge in [0.2, 0.25) is 5.91 Å². The van der Waals surface area contributed by atoms with E-state index in [1.807, 2.05) is 34.9 Å². The second kappa shape index (κ2) is 11.1. The van der Waals surface area contributed by atoms with Crippen LogP contribution >= 0.6 is 0 Å². The monoisotopic (exact) mass is 508 g/mol. The minimum atomic E-state index is -0.646. The molecule has 1 aromatic heterocycles. The highest BCUT2D eigenvalue weighted by atomic mass is 19.1. The first-order valence-corrected chi connectivity index (χ1v) is 12.6. The number of benzene rings is 2. The van der Waals surface area contributed by atoms with E-state index in [1.54, 1.807) is 6.20 Å². The number of nitrogens with zero attached hydrogens (tertiary/aromatic N) is 3. The van der Waals surface area contributed by atoms with Gasteiger partial charge in [0.15, 0.2) is 0 Å². The quantitative estimate of drug-likeness (QED) is 0.475. The molecule has 0 spiro atoms. The van der Waals surface area contributed by atoms with Crippen molar-refractivity contribution >= 4 is 17.6 Å². The van der Waals surface area contributed by atoms with E-state index in [-0.39, 0.29) is 29.6 Å². The van der Waals surface area contributed by atoms with Gasteiger partial charge in [0, 0.05) is 61.7 Å². The van der Waals surface area contributed by atoms with Crippen LogP contribution in [0.3, 0.4) is 0 Å². The molecule has 0 bridgehead atoms. The first kappa shape index (κ1) is 24.9. The first-order valence-electron chi connectivity index (χ1n) is 12.6. The maximum Gasteiger partial charge on any atom is 0.315 e. The smallest absolute Gasteiger partial charge is 0.315 e. The number of hydrogen-bond acceptors (Lipinski definition) is 4. The van der Waals surface area contributed by atoms with Crippen molar-refractivity contribution < 1.29 is 18.4 Å². The molecule has 2 aliphatic rings. The lowest BCUT2D eigenvalue weighted by molar-refractivity contribution is -0.117. The summed E-state index contributed by atoms with van der Waals surface area (Å²) in [6.45, 7) is 2.33.